The van der Waals surface area contributed by atoms with Gasteiger partial charge in [0.05, 0.1) is 12.1 Å². The molecular weight excluding hydrogens is 226 g/mol. The van der Waals surface area contributed by atoms with Crippen LogP contribution in [0.2, 0.25) is 5.02 Å². The lowest BCUT2D eigenvalue weighted by molar-refractivity contribution is 0.101. The van der Waals surface area contributed by atoms with E-state index in [9.17, 15) is 4.79 Å². The Morgan fingerprint density at radius 2 is 2.25 bits per heavy atom. The molecular formula is C12H12ClNO2. The number of fused-ring (bicyclic) bond motifs is 1. The molecule has 0 aliphatic carbocycles. The summed E-state index contributed by atoms with van der Waals surface area (Å²) in [7, 11) is 0. The third-order valence-corrected chi connectivity index (χ3v) is 2.80. The van der Waals surface area contributed by atoms with E-state index in [1.54, 1.807) is 18.3 Å². The van der Waals surface area contributed by atoms with Gasteiger partial charge in [-0.1, -0.05) is 17.7 Å². The Morgan fingerprint density at radius 3 is 2.88 bits per heavy atom. The van der Waals surface area contributed by atoms with Crippen molar-refractivity contribution >= 4 is 28.3 Å². The van der Waals surface area contributed by atoms with Gasteiger partial charge in [0, 0.05) is 28.7 Å². The molecule has 0 spiro atoms. The van der Waals surface area contributed by atoms with Gasteiger partial charge in [0.2, 0.25) is 0 Å². The van der Waals surface area contributed by atoms with E-state index >= 15 is 0 Å². The van der Waals surface area contributed by atoms with Crippen LogP contribution in [-0.2, 0) is 6.54 Å². The molecule has 1 aromatic heterocycles. The predicted molar refractivity (Wildman–Crippen MR) is 64.0 cm³/mol. The summed E-state index contributed by atoms with van der Waals surface area (Å²) in [6.07, 6.45) is 1.76. The SMILES string of the molecule is CC(=O)c1cn(CCO)c2cc(Cl)ccc12. The number of halogens is 1. The number of benzene rings is 1. The number of aliphatic hydroxyl groups is 1. The first kappa shape index (κ1) is 11.2. The summed E-state index contributed by atoms with van der Waals surface area (Å²) in [5.41, 5.74) is 1.55. The first-order chi connectivity index (χ1) is 7.63. The molecule has 0 bridgehead atoms. The monoisotopic (exact) mass is 237 g/mol. The molecule has 0 radical (unpaired) electrons. The lowest BCUT2D eigenvalue weighted by atomic mass is 10.1. The number of hydrogen-bond acceptors (Lipinski definition) is 2. The van der Waals surface area contributed by atoms with Crippen LogP contribution in [0.4, 0.5) is 0 Å². The molecule has 0 unspecified atom stereocenters. The van der Waals surface area contributed by atoms with E-state index in [-0.39, 0.29) is 12.4 Å². The van der Waals surface area contributed by atoms with Crippen LogP contribution in [0.5, 0.6) is 0 Å². The number of nitrogens with zero attached hydrogens (tertiary/aromatic N) is 1. The van der Waals surface area contributed by atoms with E-state index in [1.165, 1.54) is 6.92 Å². The zero-order valence-corrected chi connectivity index (χ0v) is 9.66. The number of rotatable bonds is 3. The minimum Gasteiger partial charge on any atom is -0.395 e. The molecule has 0 saturated carbocycles. The Morgan fingerprint density at radius 1 is 1.50 bits per heavy atom. The second-order valence-corrected chi connectivity index (χ2v) is 4.11. The topological polar surface area (TPSA) is 42.2 Å². The molecule has 0 atom stereocenters. The van der Waals surface area contributed by atoms with Crippen LogP contribution in [-0.4, -0.2) is 22.1 Å². The molecule has 16 heavy (non-hydrogen) atoms. The second kappa shape index (κ2) is 4.28. The molecule has 2 rings (SSSR count). The Labute approximate surface area is 98.3 Å². The van der Waals surface area contributed by atoms with Crippen LogP contribution < -0.4 is 0 Å². The summed E-state index contributed by atoms with van der Waals surface area (Å²) in [5.74, 6) is 0.0176. The highest BCUT2D eigenvalue weighted by atomic mass is 35.5. The average Bonchev–Trinajstić information content (AvgIpc) is 2.58. The quantitative estimate of drug-likeness (QED) is 0.834. The van der Waals surface area contributed by atoms with Crippen molar-refractivity contribution in [3.8, 4) is 0 Å². The molecule has 1 heterocycles. The molecule has 0 saturated heterocycles. The first-order valence-corrected chi connectivity index (χ1v) is 5.41. The molecule has 2 aromatic rings. The molecule has 0 fully saturated rings. The van der Waals surface area contributed by atoms with Gasteiger partial charge in [0.1, 0.15) is 0 Å². The highest BCUT2D eigenvalue weighted by molar-refractivity contribution is 6.31. The summed E-state index contributed by atoms with van der Waals surface area (Å²) >= 11 is 5.92. The Hall–Kier alpha value is -1.32. The maximum atomic E-state index is 11.5. The number of Topliss-reactive ketones (excluding diaryl/α,β-unsaturated/α-hetero) is 1. The minimum absolute atomic E-state index is 0.0176. The average molecular weight is 238 g/mol. The molecule has 1 N–H and O–H groups in total. The minimum atomic E-state index is 0.0176. The van der Waals surface area contributed by atoms with Crippen LogP contribution in [0.3, 0.4) is 0 Å². The number of carbonyl (C=O) groups is 1. The Kier molecular flexibility index (Phi) is 2.99. The van der Waals surface area contributed by atoms with Gasteiger partial charge in [-0.2, -0.15) is 0 Å². The standard InChI is InChI=1S/C12H12ClNO2/c1-8(16)11-7-14(4-5-15)12-6-9(13)2-3-10(11)12/h2-3,6-7,15H,4-5H2,1H3. The van der Waals surface area contributed by atoms with Crippen molar-refractivity contribution in [3.63, 3.8) is 0 Å². The van der Waals surface area contributed by atoms with Crippen LogP contribution in [0.15, 0.2) is 24.4 Å². The van der Waals surface area contributed by atoms with Crippen molar-refractivity contribution in [2.45, 2.75) is 13.5 Å². The molecule has 84 valence electrons. The third-order valence-electron chi connectivity index (χ3n) is 2.56. The van der Waals surface area contributed by atoms with E-state index < -0.39 is 0 Å². The van der Waals surface area contributed by atoms with Gasteiger partial charge in [0.25, 0.3) is 0 Å². The Balaban J connectivity index is 2.71. The number of carbonyl (C=O) groups excluding carboxylic acids is 1. The van der Waals surface area contributed by atoms with Crippen molar-refractivity contribution in [2.24, 2.45) is 0 Å². The van der Waals surface area contributed by atoms with Crippen LogP contribution in [0, 0.1) is 0 Å². The van der Waals surface area contributed by atoms with Gasteiger partial charge >= 0.3 is 0 Å². The van der Waals surface area contributed by atoms with Crippen molar-refractivity contribution in [1.29, 1.82) is 0 Å². The van der Waals surface area contributed by atoms with Crippen molar-refractivity contribution in [1.82, 2.24) is 4.57 Å². The van der Waals surface area contributed by atoms with Gasteiger partial charge in [-0.3, -0.25) is 4.79 Å². The van der Waals surface area contributed by atoms with E-state index in [4.69, 9.17) is 16.7 Å². The fraction of sp³-hybridized carbons (Fsp3) is 0.250. The van der Waals surface area contributed by atoms with Gasteiger partial charge in [-0.15, -0.1) is 0 Å². The van der Waals surface area contributed by atoms with Gasteiger partial charge in [0.15, 0.2) is 5.78 Å². The molecule has 0 aliphatic rings. The lowest BCUT2D eigenvalue weighted by Gasteiger charge is -2.01. The molecule has 0 amide bonds. The molecule has 3 nitrogen and oxygen atoms in total. The summed E-state index contributed by atoms with van der Waals surface area (Å²) in [6, 6.07) is 5.40. The van der Waals surface area contributed by atoms with E-state index in [2.05, 4.69) is 0 Å². The zero-order chi connectivity index (χ0) is 11.7. The molecule has 1 aromatic carbocycles. The van der Waals surface area contributed by atoms with Crippen LogP contribution in [0.1, 0.15) is 17.3 Å². The number of aliphatic hydroxyl groups excluding tert-OH is 1. The summed E-state index contributed by atoms with van der Waals surface area (Å²) in [6.45, 7) is 2.03. The van der Waals surface area contributed by atoms with E-state index in [0.29, 0.717) is 17.1 Å². The Bertz CT molecular complexity index is 545. The predicted octanol–water partition coefficient (Wildman–Crippen LogP) is 2.49. The number of aromatic nitrogens is 1. The van der Waals surface area contributed by atoms with Crippen molar-refractivity contribution in [3.05, 3.63) is 35.0 Å². The molecule has 4 heteroatoms. The van der Waals surface area contributed by atoms with Gasteiger partial charge in [-0.05, 0) is 19.1 Å². The van der Waals surface area contributed by atoms with Gasteiger partial charge in [-0.25, -0.2) is 0 Å². The zero-order valence-electron chi connectivity index (χ0n) is 8.90. The number of hydrogen-bond donors (Lipinski definition) is 1. The fourth-order valence-electron chi connectivity index (χ4n) is 1.84. The van der Waals surface area contributed by atoms with Crippen LogP contribution >= 0.6 is 11.6 Å². The highest BCUT2D eigenvalue weighted by Gasteiger charge is 2.11. The lowest BCUT2D eigenvalue weighted by Crippen LogP contribution is -2.00. The number of ketones is 1. The summed E-state index contributed by atoms with van der Waals surface area (Å²) in [4.78, 5) is 11.5. The van der Waals surface area contributed by atoms with E-state index in [0.717, 1.165) is 10.9 Å². The molecule has 0 aliphatic heterocycles. The van der Waals surface area contributed by atoms with Crippen LogP contribution in [0.25, 0.3) is 10.9 Å². The fourth-order valence-corrected chi connectivity index (χ4v) is 2.00. The highest BCUT2D eigenvalue weighted by Crippen LogP contribution is 2.25. The largest absolute Gasteiger partial charge is 0.395 e. The third kappa shape index (κ3) is 1.84. The second-order valence-electron chi connectivity index (χ2n) is 3.68. The first-order valence-electron chi connectivity index (χ1n) is 5.03. The van der Waals surface area contributed by atoms with Crippen molar-refractivity contribution < 1.29 is 9.90 Å². The van der Waals surface area contributed by atoms with E-state index in [1.807, 2.05) is 10.6 Å². The van der Waals surface area contributed by atoms with Crippen molar-refractivity contribution in [2.75, 3.05) is 6.61 Å². The van der Waals surface area contributed by atoms with Gasteiger partial charge < -0.3 is 9.67 Å². The maximum absolute atomic E-state index is 11.5. The smallest absolute Gasteiger partial charge is 0.161 e. The maximum Gasteiger partial charge on any atom is 0.161 e. The normalized spacial score (nSPS) is 10.9. The summed E-state index contributed by atoms with van der Waals surface area (Å²) in [5, 5.41) is 10.5. The summed E-state index contributed by atoms with van der Waals surface area (Å²) < 4.78 is 1.85.